The van der Waals surface area contributed by atoms with E-state index >= 15 is 0 Å². The predicted octanol–water partition coefficient (Wildman–Crippen LogP) is 1.36. The fourth-order valence-corrected chi connectivity index (χ4v) is 0.876. The first-order chi connectivity index (χ1) is 5.65. The summed E-state index contributed by atoms with van der Waals surface area (Å²) in [7, 11) is 1.68. The Bertz CT molecular complexity index is 280. The van der Waals surface area contributed by atoms with Crippen LogP contribution in [0.4, 0.5) is 5.82 Å². The molecule has 4 nitrogen and oxygen atoms in total. The van der Waals surface area contributed by atoms with Crippen molar-refractivity contribution in [3.05, 3.63) is 11.8 Å². The summed E-state index contributed by atoms with van der Waals surface area (Å²) >= 11 is 0. The second-order valence-electron chi connectivity index (χ2n) is 2.60. The van der Waals surface area contributed by atoms with Crippen molar-refractivity contribution in [3.8, 4) is 0 Å². The van der Waals surface area contributed by atoms with Crippen molar-refractivity contribution < 1.29 is 9.32 Å². The van der Waals surface area contributed by atoms with E-state index in [-0.39, 0.29) is 5.91 Å². The molecule has 0 saturated heterocycles. The van der Waals surface area contributed by atoms with Gasteiger partial charge in [-0.3, -0.25) is 9.69 Å². The van der Waals surface area contributed by atoms with Gasteiger partial charge in [-0.2, -0.15) is 0 Å². The molecule has 0 atom stereocenters. The first-order valence-electron chi connectivity index (χ1n) is 3.85. The summed E-state index contributed by atoms with van der Waals surface area (Å²) in [6, 6.07) is 1.73. The third-order valence-corrected chi connectivity index (χ3v) is 1.64. The maximum atomic E-state index is 11.2. The van der Waals surface area contributed by atoms with Gasteiger partial charge in [0.2, 0.25) is 5.91 Å². The Morgan fingerprint density at radius 3 is 2.83 bits per heavy atom. The van der Waals surface area contributed by atoms with Crippen molar-refractivity contribution >= 4 is 11.7 Å². The van der Waals surface area contributed by atoms with Crippen LogP contribution < -0.4 is 4.90 Å². The first-order valence-corrected chi connectivity index (χ1v) is 3.85. The molecule has 1 rings (SSSR count). The highest BCUT2D eigenvalue weighted by molar-refractivity contribution is 5.91. The highest BCUT2D eigenvalue weighted by Crippen LogP contribution is 2.12. The highest BCUT2D eigenvalue weighted by atomic mass is 16.5. The molecule has 12 heavy (non-hydrogen) atoms. The lowest BCUT2D eigenvalue weighted by molar-refractivity contribution is -0.118. The molecule has 4 heteroatoms. The Hall–Kier alpha value is -1.32. The van der Waals surface area contributed by atoms with Crippen LogP contribution in [0.25, 0.3) is 0 Å². The zero-order valence-electron chi connectivity index (χ0n) is 7.50. The smallest absolute Gasteiger partial charge is 0.227 e. The van der Waals surface area contributed by atoms with Crippen molar-refractivity contribution in [1.82, 2.24) is 5.16 Å². The molecule has 66 valence electrons. The minimum atomic E-state index is 0.0308. The minimum Gasteiger partial charge on any atom is -0.360 e. The second kappa shape index (κ2) is 3.38. The number of aryl methyl sites for hydroxylation is 1. The maximum Gasteiger partial charge on any atom is 0.227 e. The number of nitrogens with zero attached hydrogens (tertiary/aromatic N) is 2. The Kier molecular flexibility index (Phi) is 2.47. The summed E-state index contributed by atoms with van der Waals surface area (Å²) in [5, 5.41) is 3.71. The van der Waals surface area contributed by atoms with Gasteiger partial charge in [-0.1, -0.05) is 12.1 Å². The molecule has 0 fully saturated rings. The standard InChI is InChI=1S/C8H12N2O2/c1-4-8(11)10(3)7-5-6(2)12-9-7/h5H,4H2,1-3H3. The number of rotatable bonds is 2. The average molecular weight is 168 g/mol. The monoisotopic (exact) mass is 168 g/mol. The fourth-order valence-electron chi connectivity index (χ4n) is 0.876. The highest BCUT2D eigenvalue weighted by Gasteiger charge is 2.11. The molecule has 0 aromatic carbocycles. The van der Waals surface area contributed by atoms with Gasteiger partial charge in [-0.25, -0.2) is 0 Å². The molecule has 0 spiro atoms. The molecule has 0 unspecified atom stereocenters. The van der Waals surface area contributed by atoms with Gasteiger partial charge in [0.1, 0.15) is 5.76 Å². The molecule has 0 radical (unpaired) electrons. The fraction of sp³-hybridized carbons (Fsp3) is 0.500. The molecule has 0 bridgehead atoms. The maximum absolute atomic E-state index is 11.2. The van der Waals surface area contributed by atoms with Gasteiger partial charge in [-0.15, -0.1) is 0 Å². The number of anilines is 1. The molecular formula is C8H12N2O2. The number of hydrogen-bond donors (Lipinski definition) is 0. The second-order valence-corrected chi connectivity index (χ2v) is 2.60. The van der Waals surface area contributed by atoms with Crippen molar-refractivity contribution in [2.24, 2.45) is 0 Å². The molecule has 1 aromatic heterocycles. The Morgan fingerprint density at radius 2 is 2.42 bits per heavy atom. The third kappa shape index (κ3) is 1.64. The third-order valence-electron chi connectivity index (χ3n) is 1.64. The lowest BCUT2D eigenvalue weighted by Gasteiger charge is -2.10. The van der Waals surface area contributed by atoms with Crippen molar-refractivity contribution in [2.75, 3.05) is 11.9 Å². The molecule has 1 amide bonds. The van der Waals surface area contributed by atoms with Crippen LogP contribution in [0, 0.1) is 6.92 Å². The van der Waals surface area contributed by atoms with Crippen LogP contribution in [0.2, 0.25) is 0 Å². The normalized spacial score (nSPS) is 9.92. The Balaban J connectivity index is 2.77. The van der Waals surface area contributed by atoms with Crippen LogP contribution in [0.1, 0.15) is 19.1 Å². The summed E-state index contributed by atoms with van der Waals surface area (Å²) in [5.41, 5.74) is 0. The van der Waals surface area contributed by atoms with Gasteiger partial charge in [-0.05, 0) is 6.92 Å². The molecule has 0 N–H and O–H groups in total. The number of aromatic nitrogens is 1. The van der Waals surface area contributed by atoms with Crippen LogP contribution in [0.3, 0.4) is 0 Å². The van der Waals surface area contributed by atoms with E-state index in [2.05, 4.69) is 5.16 Å². The number of carbonyl (C=O) groups is 1. The topological polar surface area (TPSA) is 46.3 Å². The Labute approximate surface area is 71.1 Å². The minimum absolute atomic E-state index is 0.0308. The van der Waals surface area contributed by atoms with Crippen LogP contribution in [0.15, 0.2) is 10.6 Å². The van der Waals surface area contributed by atoms with Crippen molar-refractivity contribution in [3.63, 3.8) is 0 Å². The largest absolute Gasteiger partial charge is 0.360 e. The van der Waals surface area contributed by atoms with Crippen LogP contribution in [-0.2, 0) is 4.79 Å². The lowest BCUT2D eigenvalue weighted by Crippen LogP contribution is -2.25. The predicted molar refractivity (Wildman–Crippen MR) is 44.9 cm³/mol. The Morgan fingerprint density at radius 1 is 1.75 bits per heavy atom. The summed E-state index contributed by atoms with van der Waals surface area (Å²) < 4.78 is 4.84. The van der Waals surface area contributed by atoms with E-state index in [9.17, 15) is 4.79 Å². The molecule has 1 aromatic rings. The zero-order valence-corrected chi connectivity index (χ0v) is 7.50. The van der Waals surface area contributed by atoms with Crippen LogP contribution in [0.5, 0.6) is 0 Å². The van der Waals surface area contributed by atoms with Crippen LogP contribution in [-0.4, -0.2) is 18.1 Å². The van der Waals surface area contributed by atoms with Crippen LogP contribution >= 0.6 is 0 Å². The summed E-state index contributed by atoms with van der Waals surface area (Å²) in [6.07, 6.45) is 0.475. The number of hydrogen-bond acceptors (Lipinski definition) is 3. The van der Waals surface area contributed by atoms with Gasteiger partial charge >= 0.3 is 0 Å². The molecule has 0 aliphatic rings. The molecule has 1 heterocycles. The van der Waals surface area contributed by atoms with E-state index in [0.717, 1.165) is 0 Å². The van der Waals surface area contributed by atoms with Crippen molar-refractivity contribution in [1.29, 1.82) is 0 Å². The molecular weight excluding hydrogens is 156 g/mol. The zero-order chi connectivity index (χ0) is 9.14. The van der Waals surface area contributed by atoms with E-state index in [1.54, 1.807) is 20.0 Å². The van der Waals surface area contributed by atoms with E-state index in [0.29, 0.717) is 18.0 Å². The lowest BCUT2D eigenvalue weighted by atomic mass is 10.4. The van der Waals surface area contributed by atoms with E-state index in [1.165, 1.54) is 4.90 Å². The van der Waals surface area contributed by atoms with Crippen molar-refractivity contribution in [2.45, 2.75) is 20.3 Å². The van der Waals surface area contributed by atoms with E-state index in [4.69, 9.17) is 4.52 Å². The molecule has 0 saturated carbocycles. The van der Waals surface area contributed by atoms with Gasteiger partial charge in [0.05, 0.1) is 0 Å². The summed E-state index contributed by atoms with van der Waals surface area (Å²) in [6.45, 7) is 3.60. The van der Waals surface area contributed by atoms with E-state index < -0.39 is 0 Å². The van der Waals surface area contributed by atoms with Gasteiger partial charge in [0.25, 0.3) is 0 Å². The quantitative estimate of drug-likeness (QED) is 0.669. The average Bonchev–Trinajstić information content (AvgIpc) is 2.49. The molecule has 0 aliphatic carbocycles. The number of amides is 1. The molecule has 0 aliphatic heterocycles. The van der Waals surface area contributed by atoms with Gasteiger partial charge < -0.3 is 4.52 Å². The van der Waals surface area contributed by atoms with Gasteiger partial charge in [0, 0.05) is 19.5 Å². The first kappa shape index (κ1) is 8.77. The van der Waals surface area contributed by atoms with E-state index in [1.807, 2.05) is 6.92 Å². The van der Waals surface area contributed by atoms with Gasteiger partial charge in [0.15, 0.2) is 5.82 Å². The SMILES string of the molecule is CCC(=O)N(C)c1cc(C)on1. The summed E-state index contributed by atoms with van der Waals surface area (Å²) in [4.78, 5) is 12.6. The number of carbonyl (C=O) groups excluding carboxylic acids is 1. The summed E-state index contributed by atoms with van der Waals surface area (Å²) in [5.74, 6) is 1.31.